The molecule has 7 heteroatoms. The van der Waals surface area contributed by atoms with Gasteiger partial charge in [0, 0.05) is 19.3 Å². The van der Waals surface area contributed by atoms with Gasteiger partial charge in [0.05, 0.1) is 17.8 Å². The molecule has 16 heavy (non-hydrogen) atoms. The van der Waals surface area contributed by atoms with E-state index in [1.807, 2.05) is 11.5 Å². The first-order chi connectivity index (χ1) is 7.53. The van der Waals surface area contributed by atoms with Crippen molar-refractivity contribution in [3.63, 3.8) is 0 Å². The zero-order valence-corrected chi connectivity index (χ0v) is 10.2. The third-order valence-electron chi connectivity index (χ3n) is 2.23. The molecule has 0 amide bonds. The number of primary sulfonamides is 1. The molecule has 0 aliphatic rings. The predicted octanol–water partition coefficient (Wildman–Crippen LogP) is -0.329. The number of sulfonamides is 1. The second-order valence-electron chi connectivity index (χ2n) is 3.57. The highest BCUT2D eigenvalue weighted by atomic mass is 32.2. The van der Waals surface area contributed by atoms with Gasteiger partial charge in [0.2, 0.25) is 10.0 Å². The van der Waals surface area contributed by atoms with Gasteiger partial charge in [-0.2, -0.15) is 0 Å². The van der Waals surface area contributed by atoms with E-state index in [0.29, 0.717) is 19.5 Å². The largest absolute Gasteiger partial charge is 0.334 e. The summed E-state index contributed by atoms with van der Waals surface area (Å²) >= 11 is 0. The van der Waals surface area contributed by atoms with Crippen LogP contribution in [0.15, 0.2) is 12.5 Å². The number of hydrogen-bond acceptors (Lipinski definition) is 4. The Balaban J connectivity index is 2.21. The molecule has 0 saturated heterocycles. The van der Waals surface area contributed by atoms with Gasteiger partial charge in [0.25, 0.3) is 0 Å². The number of nitrogens with two attached hydrogens (primary N) is 1. The summed E-state index contributed by atoms with van der Waals surface area (Å²) in [6.07, 6.45) is 4.11. The fourth-order valence-electron chi connectivity index (χ4n) is 1.39. The average molecular weight is 246 g/mol. The molecule has 6 nitrogen and oxygen atoms in total. The molecule has 1 rings (SSSR count). The SMILES string of the molecule is CCn1cncc1CNCCCS(N)(=O)=O. The van der Waals surface area contributed by atoms with Crippen LogP contribution < -0.4 is 10.5 Å². The maximum atomic E-state index is 10.7. The van der Waals surface area contributed by atoms with Crippen LogP contribution in [0.5, 0.6) is 0 Å². The van der Waals surface area contributed by atoms with Crippen molar-refractivity contribution in [3.05, 3.63) is 18.2 Å². The van der Waals surface area contributed by atoms with E-state index in [0.717, 1.165) is 12.2 Å². The van der Waals surface area contributed by atoms with Crippen LogP contribution in [0.1, 0.15) is 19.0 Å². The summed E-state index contributed by atoms with van der Waals surface area (Å²) in [5, 5.41) is 8.04. The van der Waals surface area contributed by atoms with Crippen molar-refractivity contribution in [2.45, 2.75) is 26.4 Å². The zero-order valence-electron chi connectivity index (χ0n) is 9.39. The van der Waals surface area contributed by atoms with E-state index < -0.39 is 10.0 Å². The predicted molar refractivity (Wildman–Crippen MR) is 62.2 cm³/mol. The third kappa shape index (κ3) is 4.73. The minimum absolute atomic E-state index is 0.0209. The second kappa shape index (κ2) is 5.97. The first kappa shape index (κ1) is 13.1. The summed E-state index contributed by atoms with van der Waals surface area (Å²) < 4.78 is 23.4. The van der Waals surface area contributed by atoms with E-state index in [4.69, 9.17) is 5.14 Å². The van der Waals surface area contributed by atoms with Crippen molar-refractivity contribution in [2.24, 2.45) is 5.14 Å². The highest BCUT2D eigenvalue weighted by Gasteiger charge is 2.02. The number of aromatic nitrogens is 2. The Bertz CT molecular complexity index is 413. The lowest BCUT2D eigenvalue weighted by Gasteiger charge is -2.06. The van der Waals surface area contributed by atoms with Crippen LogP contribution in [0, 0.1) is 0 Å². The Hall–Kier alpha value is -0.920. The molecule has 1 aromatic heterocycles. The average Bonchev–Trinajstić information content (AvgIpc) is 2.63. The van der Waals surface area contributed by atoms with Gasteiger partial charge in [-0.25, -0.2) is 18.5 Å². The molecule has 0 bridgehead atoms. The standard InChI is InChI=1S/C9H18N4O2S/c1-2-13-8-12-7-9(13)6-11-4-3-5-16(10,14)15/h7-8,11H,2-6H2,1H3,(H2,10,14,15). The normalized spacial score (nSPS) is 11.9. The number of aryl methyl sites for hydroxylation is 1. The highest BCUT2D eigenvalue weighted by molar-refractivity contribution is 7.89. The molecular weight excluding hydrogens is 228 g/mol. The number of imidazole rings is 1. The van der Waals surface area contributed by atoms with E-state index >= 15 is 0 Å². The Labute approximate surface area is 95.9 Å². The maximum Gasteiger partial charge on any atom is 0.209 e. The lowest BCUT2D eigenvalue weighted by Crippen LogP contribution is -2.22. The van der Waals surface area contributed by atoms with Crippen LogP contribution in [0.25, 0.3) is 0 Å². The van der Waals surface area contributed by atoms with Crippen molar-refractivity contribution in [1.82, 2.24) is 14.9 Å². The Morgan fingerprint density at radius 3 is 2.94 bits per heavy atom. The Kier molecular flexibility index (Phi) is 4.91. The second-order valence-corrected chi connectivity index (χ2v) is 5.30. The van der Waals surface area contributed by atoms with Gasteiger partial charge in [-0.1, -0.05) is 0 Å². The molecule has 1 aromatic rings. The van der Waals surface area contributed by atoms with Gasteiger partial charge in [0.15, 0.2) is 0 Å². The first-order valence-corrected chi connectivity index (χ1v) is 6.94. The van der Waals surface area contributed by atoms with Gasteiger partial charge in [-0.15, -0.1) is 0 Å². The molecule has 0 aliphatic carbocycles. The topological polar surface area (TPSA) is 90.0 Å². The minimum atomic E-state index is -3.33. The van der Waals surface area contributed by atoms with Crippen molar-refractivity contribution in [3.8, 4) is 0 Å². The lowest BCUT2D eigenvalue weighted by molar-refractivity contribution is 0.586. The highest BCUT2D eigenvalue weighted by Crippen LogP contribution is 1.98. The molecule has 1 heterocycles. The van der Waals surface area contributed by atoms with Gasteiger partial charge in [-0.05, 0) is 19.9 Å². The van der Waals surface area contributed by atoms with Gasteiger partial charge >= 0.3 is 0 Å². The van der Waals surface area contributed by atoms with Crippen LogP contribution in [0.4, 0.5) is 0 Å². The summed E-state index contributed by atoms with van der Waals surface area (Å²) in [6.45, 7) is 4.25. The maximum absolute atomic E-state index is 10.7. The Morgan fingerprint density at radius 1 is 1.56 bits per heavy atom. The van der Waals surface area contributed by atoms with Crippen LogP contribution >= 0.6 is 0 Å². The Morgan fingerprint density at radius 2 is 2.31 bits per heavy atom. The van der Waals surface area contributed by atoms with E-state index in [9.17, 15) is 8.42 Å². The first-order valence-electron chi connectivity index (χ1n) is 5.23. The lowest BCUT2D eigenvalue weighted by atomic mass is 10.4. The fraction of sp³-hybridized carbons (Fsp3) is 0.667. The molecule has 0 atom stereocenters. The summed E-state index contributed by atoms with van der Waals surface area (Å²) in [7, 11) is -3.33. The van der Waals surface area contributed by atoms with Gasteiger partial charge < -0.3 is 9.88 Å². The number of rotatable bonds is 7. The van der Waals surface area contributed by atoms with Crippen molar-refractivity contribution in [2.75, 3.05) is 12.3 Å². The number of nitrogens with one attached hydrogen (secondary N) is 1. The third-order valence-corrected chi connectivity index (χ3v) is 3.09. The minimum Gasteiger partial charge on any atom is -0.334 e. The van der Waals surface area contributed by atoms with E-state index in [2.05, 4.69) is 10.3 Å². The van der Waals surface area contributed by atoms with Crippen LogP contribution in [0.2, 0.25) is 0 Å². The van der Waals surface area contributed by atoms with Crippen LogP contribution in [-0.2, 0) is 23.1 Å². The van der Waals surface area contributed by atoms with Crippen LogP contribution in [0.3, 0.4) is 0 Å². The molecule has 3 N–H and O–H groups in total. The summed E-state index contributed by atoms with van der Waals surface area (Å²) in [5.74, 6) is 0.0209. The zero-order chi connectivity index (χ0) is 12.0. The summed E-state index contributed by atoms with van der Waals surface area (Å²) in [6, 6.07) is 0. The van der Waals surface area contributed by atoms with E-state index in [-0.39, 0.29) is 5.75 Å². The molecular formula is C9H18N4O2S. The quantitative estimate of drug-likeness (QED) is 0.645. The summed E-state index contributed by atoms with van der Waals surface area (Å²) in [4.78, 5) is 4.04. The monoisotopic (exact) mass is 246 g/mol. The van der Waals surface area contributed by atoms with Crippen molar-refractivity contribution < 1.29 is 8.42 Å². The molecule has 0 unspecified atom stereocenters. The number of nitrogens with zero attached hydrogens (tertiary/aromatic N) is 2. The molecule has 0 spiro atoms. The van der Waals surface area contributed by atoms with Gasteiger partial charge in [-0.3, -0.25) is 0 Å². The number of hydrogen-bond donors (Lipinski definition) is 2. The van der Waals surface area contributed by atoms with Crippen molar-refractivity contribution >= 4 is 10.0 Å². The molecule has 0 saturated carbocycles. The molecule has 0 aromatic carbocycles. The molecule has 92 valence electrons. The fourth-order valence-corrected chi connectivity index (χ4v) is 1.94. The molecule has 0 fully saturated rings. The van der Waals surface area contributed by atoms with E-state index in [1.165, 1.54) is 0 Å². The molecule has 0 aliphatic heterocycles. The van der Waals surface area contributed by atoms with Crippen LogP contribution in [-0.4, -0.2) is 30.3 Å². The van der Waals surface area contributed by atoms with E-state index in [1.54, 1.807) is 12.5 Å². The van der Waals surface area contributed by atoms with Crippen molar-refractivity contribution in [1.29, 1.82) is 0 Å². The smallest absolute Gasteiger partial charge is 0.209 e. The van der Waals surface area contributed by atoms with Gasteiger partial charge in [0.1, 0.15) is 0 Å². The summed E-state index contributed by atoms with van der Waals surface area (Å²) in [5.41, 5.74) is 1.10. The molecule has 0 radical (unpaired) electrons.